The molecule has 0 radical (unpaired) electrons. The summed E-state index contributed by atoms with van der Waals surface area (Å²) in [6.45, 7) is 2.82. The predicted molar refractivity (Wildman–Crippen MR) is 81.8 cm³/mol. The fourth-order valence-corrected chi connectivity index (χ4v) is 3.12. The van der Waals surface area contributed by atoms with Gasteiger partial charge in [0.2, 0.25) is 5.91 Å². The molecule has 1 aromatic carbocycles. The van der Waals surface area contributed by atoms with Gasteiger partial charge in [-0.05, 0) is 19.1 Å². The highest BCUT2D eigenvalue weighted by Crippen LogP contribution is 2.32. The Morgan fingerprint density at radius 2 is 2.30 bits per heavy atom. The summed E-state index contributed by atoms with van der Waals surface area (Å²) in [5.41, 5.74) is 2.65. The number of allylic oxidation sites excluding steroid dienone is 1. The van der Waals surface area contributed by atoms with Crippen LogP contribution in [0.5, 0.6) is 0 Å². The number of nitrogens with zero attached hydrogens (tertiary/aromatic N) is 2. The molecule has 0 aliphatic carbocycles. The number of aryl methyl sites for hydroxylation is 1. The molecule has 5 heteroatoms. The van der Waals surface area contributed by atoms with E-state index >= 15 is 0 Å². The number of fused-ring (bicyclic) bond motifs is 1. The Morgan fingerprint density at radius 3 is 3.10 bits per heavy atom. The van der Waals surface area contributed by atoms with Gasteiger partial charge in [-0.25, -0.2) is 4.98 Å². The van der Waals surface area contributed by atoms with Gasteiger partial charge in [-0.3, -0.25) is 4.79 Å². The first-order chi connectivity index (χ1) is 9.78. The van der Waals surface area contributed by atoms with Gasteiger partial charge in [-0.2, -0.15) is 0 Å². The van der Waals surface area contributed by atoms with Crippen molar-refractivity contribution in [2.75, 3.05) is 11.1 Å². The number of para-hydroxylation sites is 1. The second-order valence-corrected chi connectivity index (χ2v) is 5.55. The van der Waals surface area contributed by atoms with Crippen molar-refractivity contribution in [3.63, 3.8) is 0 Å². The second kappa shape index (κ2) is 5.54. The number of carbonyl (C=O) groups excluding carboxylic acids is 1. The van der Waals surface area contributed by atoms with E-state index in [-0.39, 0.29) is 5.91 Å². The Bertz CT molecular complexity index is 654. The molecule has 102 valence electrons. The quantitative estimate of drug-likeness (QED) is 0.881. The summed E-state index contributed by atoms with van der Waals surface area (Å²) >= 11 is 1.76. The third-order valence-corrected chi connectivity index (χ3v) is 4.05. The summed E-state index contributed by atoms with van der Waals surface area (Å²) in [6.07, 6.45) is 5.29. The maximum Gasteiger partial charge on any atom is 0.248 e. The van der Waals surface area contributed by atoms with Gasteiger partial charge in [0.1, 0.15) is 0 Å². The zero-order valence-electron chi connectivity index (χ0n) is 11.2. The number of anilines is 1. The van der Waals surface area contributed by atoms with Crippen LogP contribution in [0.1, 0.15) is 6.92 Å². The van der Waals surface area contributed by atoms with E-state index < -0.39 is 0 Å². The lowest BCUT2D eigenvalue weighted by Gasteiger charge is -2.07. The molecule has 2 heterocycles. The van der Waals surface area contributed by atoms with Crippen molar-refractivity contribution in [2.24, 2.45) is 0 Å². The van der Waals surface area contributed by atoms with E-state index in [0.29, 0.717) is 0 Å². The SMILES string of the molecule is C/C=C/C(=O)Nc1ccccc1-c1cn2c(n1)SCC2. The van der Waals surface area contributed by atoms with Crippen LogP contribution in [0, 0.1) is 0 Å². The van der Waals surface area contributed by atoms with Crippen molar-refractivity contribution in [1.82, 2.24) is 9.55 Å². The van der Waals surface area contributed by atoms with E-state index in [9.17, 15) is 4.79 Å². The maximum absolute atomic E-state index is 11.7. The van der Waals surface area contributed by atoms with Gasteiger partial charge < -0.3 is 9.88 Å². The summed E-state index contributed by atoms with van der Waals surface area (Å²) in [5, 5.41) is 3.94. The molecule has 4 nitrogen and oxygen atoms in total. The van der Waals surface area contributed by atoms with Gasteiger partial charge in [0.05, 0.1) is 11.4 Å². The van der Waals surface area contributed by atoms with Crippen LogP contribution in [0.2, 0.25) is 0 Å². The fraction of sp³-hybridized carbons (Fsp3) is 0.200. The molecule has 0 unspecified atom stereocenters. The number of hydrogen-bond acceptors (Lipinski definition) is 3. The van der Waals surface area contributed by atoms with Crippen LogP contribution in [0.25, 0.3) is 11.3 Å². The molecule has 1 aliphatic rings. The zero-order valence-corrected chi connectivity index (χ0v) is 12.0. The maximum atomic E-state index is 11.7. The minimum absolute atomic E-state index is 0.124. The van der Waals surface area contributed by atoms with E-state index in [4.69, 9.17) is 0 Å². The Kier molecular flexibility index (Phi) is 3.60. The van der Waals surface area contributed by atoms with Crippen LogP contribution in [0.4, 0.5) is 5.69 Å². The molecule has 0 spiro atoms. The molecule has 0 atom stereocenters. The largest absolute Gasteiger partial charge is 0.325 e. The van der Waals surface area contributed by atoms with Gasteiger partial charge in [0, 0.05) is 24.1 Å². The highest BCUT2D eigenvalue weighted by Gasteiger charge is 2.17. The molecular weight excluding hydrogens is 270 g/mol. The first kappa shape index (κ1) is 13.0. The van der Waals surface area contributed by atoms with Crippen LogP contribution >= 0.6 is 11.8 Å². The lowest BCUT2D eigenvalue weighted by atomic mass is 10.1. The van der Waals surface area contributed by atoms with E-state index in [1.54, 1.807) is 17.8 Å². The molecule has 2 aromatic rings. The molecule has 0 fully saturated rings. The third-order valence-electron chi connectivity index (χ3n) is 3.08. The molecule has 0 bridgehead atoms. The zero-order chi connectivity index (χ0) is 13.9. The Labute approximate surface area is 121 Å². The van der Waals surface area contributed by atoms with Gasteiger partial charge >= 0.3 is 0 Å². The highest BCUT2D eigenvalue weighted by atomic mass is 32.2. The monoisotopic (exact) mass is 285 g/mol. The number of carbonyl (C=O) groups is 1. The Morgan fingerprint density at radius 1 is 1.45 bits per heavy atom. The van der Waals surface area contributed by atoms with Crippen LogP contribution in [0.3, 0.4) is 0 Å². The minimum Gasteiger partial charge on any atom is -0.325 e. The number of aromatic nitrogens is 2. The number of amides is 1. The third kappa shape index (κ3) is 2.49. The molecule has 1 aromatic heterocycles. The standard InChI is InChI=1S/C15H15N3OS/c1-2-5-14(19)16-12-7-4-3-6-11(12)13-10-18-8-9-20-15(18)17-13/h2-7,10H,8-9H2,1H3,(H,16,19)/b5-2+. The minimum atomic E-state index is -0.124. The molecule has 3 rings (SSSR count). The van der Waals surface area contributed by atoms with E-state index in [1.807, 2.05) is 31.2 Å². The smallest absolute Gasteiger partial charge is 0.248 e. The van der Waals surface area contributed by atoms with Crippen LogP contribution in [-0.2, 0) is 11.3 Å². The van der Waals surface area contributed by atoms with E-state index in [2.05, 4.69) is 21.1 Å². The predicted octanol–water partition coefficient (Wildman–Crippen LogP) is 3.17. The topological polar surface area (TPSA) is 46.9 Å². The number of thioether (sulfide) groups is 1. The van der Waals surface area contributed by atoms with Gasteiger partial charge in [-0.15, -0.1) is 0 Å². The lowest BCUT2D eigenvalue weighted by molar-refractivity contribution is -0.111. The van der Waals surface area contributed by atoms with Gasteiger partial charge in [-0.1, -0.05) is 36.0 Å². The summed E-state index contributed by atoms with van der Waals surface area (Å²) in [6, 6.07) is 7.74. The van der Waals surface area contributed by atoms with Crippen LogP contribution in [0.15, 0.2) is 47.8 Å². The molecule has 1 aliphatic heterocycles. The van der Waals surface area contributed by atoms with E-state index in [0.717, 1.165) is 34.4 Å². The number of imidazole rings is 1. The first-order valence-electron chi connectivity index (χ1n) is 6.51. The molecular formula is C15H15N3OS. The molecule has 1 N–H and O–H groups in total. The van der Waals surface area contributed by atoms with Crippen LogP contribution in [-0.4, -0.2) is 21.2 Å². The number of benzene rings is 1. The van der Waals surface area contributed by atoms with Crippen LogP contribution < -0.4 is 5.32 Å². The molecule has 0 saturated heterocycles. The van der Waals surface area contributed by atoms with Crippen molar-refractivity contribution >= 4 is 23.4 Å². The van der Waals surface area contributed by atoms with Gasteiger partial charge in [0.15, 0.2) is 5.16 Å². The van der Waals surface area contributed by atoms with Crippen molar-refractivity contribution < 1.29 is 4.79 Å². The second-order valence-electron chi connectivity index (χ2n) is 4.49. The molecule has 1 amide bonds. The Balaban J connectivity index is 1.94. The average Bonchev–Trinajstić information content (AvgIpc) is 3.00. The fourth-order valence-electron chi connectivity index (χ4n) is 2.18. The molecule has 0 saturated carbocycles. The lowest BCUT2D eigenvalue weighted by Crippen LogP contribution is -2.08. The summed E-state index contributed by atoms with van der Waals surface area (Å²) in [7, 11) is 0. The van der Waals surface area contributed by atoms with Crippen molar-refractivity contribution in [2.45, 2.75) is 18.6 Å². The van der Waals surface area contributed by atoms with Crippen molar-refractivity contribution in [3.8, 4) is 11.3 Å². The van der Waals surface area contributed by atoms with Crippen molar-refractivity contribution in [1.29, 1.82) is 0 Å². The highest BCUT2D eigenvalue weighted by molar-refractivity contribution is 7.99. The van der Waals surface area contributed by atoms with Crippen molar-refractivity contribution in [3.05, 3.63) is 42.6 Å². The normalized spacial score (nSPS) is 13.7. The summed E-state index contributed by atoms with van der Waals surface area (Å²) in [5.74, 6) is 0.962. The summed E-state index contributed by atoms with van der Waals surface area (Å²) in [4.78, 5) is 16.3. The van der Waals surface area contributed by atoms with E-state index in [1.165, 1.54) is 6.08 Å². The molecule has 20 heavy (non-hydrogen) atoms. The Hall–Kier alpha value is -2.01. The first-order valence-corrected chi connectivity index (χ1v) is 7.49. The number of rotatable bonds is 3. The number of nitrogens with one attached hydrogen (secondary N) is 1. The van der Waals surface area contributed by atoms with Gasteiger partial charge in [0.25, 0.3) is 0 Å². The summed E-state index contributed by atoms with van der Waals surface area (Å²) < 4.78 is 2.16. The number of hydrogen-bond donors (Lipinski definition) is 1. The average molecular weight is 285 g/mol.